The molecule has 0 aromatic heterocycles. The lowest BCUT2D eigenvalue weighted by atomic mass is 10.2. The monoisotopic (exact) mass is 301 g/mol. The van der Waals surface area contributed by atoms with Gasteiger partial charge in [-0.25, -0.2) is 0 Å². The second-order valence-electron chi connectivity index (χ2n) is 3.29. The van der Waals surface area contributed by atoms with Crippen LogP contribution in [0.3, 0.4) is 0 Å². The molecule has 0 aliphatic rings. The number of hydrogen-bond acceptors (Lipinski definition) is 4. The van der Waals surface area contributed by atoms with Crippen LogP contribution in [0.2, 0.25) is 5.02 Å². The lowest BCUT2D eigenvalue weighted by molar-refractivity contribution is 0.387. The molecule has 0 fully saturated rings. The SMILES string of the molecule is Cc1cc(P(=O)(O)O)c(Cl)c(N)c1S(=O)(=O)O. The number of nitrogen functional groups attached to an aromatic ring is 1. The fraction of sp³-hybridized carbons (Fsp3) is 0.143. The van der Waals surface area contributed by atoms with Gasteiger partial charge in [0.1, 0.15) is 4.90 Å². The van der Waals surface area contributed by atoms with E-state index in [2.05, 4.69) is 0 Å². The third kappa shape index (κ3) is 2.79. The molecule has 0 heterocycles. The van der Waals surface area contributed by atoms with Crippen molar-refractivity contribution in [2.45, 2.75) is 11.8 Å². The molecule has 1 aromatic rings. The van der Waals surface area contributed by atoms with E-state index in [-0.39, 0.29) is 5.56 Å². The van der Waals surface area contributed by atoms with Crippen LogP contribution < -0.4 is 11.0 Å². The van der Waals surface area contributed by atoms with E-state index in [1.807, 2.05) is 0 Å². The van der Waals surface area contributed by atoms with E-state index in [4.69, 9.17) is 31.7 Å². The first-order valence-electron chi connectivity index (χ1n) is 4.08. The van der Waals surface area contributed by atoms with Gasteiger partial charge in [0, 0.05) is 0 Å². The Morgan fingerprint density at radius 1 is 1.41 bits per heavy atom. The van der Waals surface area contributed by atoms with E-state index in [9.17, 15) is 13.0 Å². The molecule has 0 bridgehead atoms. The van der Waals surface area contributed by atoms with Crippen LogP contribution in [-0.4, -0.2) is 22.8 Å². The predicted molar refractivity (Wildman–Crippen MR) is 62.1 cm³/mol. The number of anilines is 1. The Morgan fingerprint density at radius 3 is 2.24 bits per heavy atom. The third-order valence-corrected chi connectivity index (χ3v) is 4.57. The van der Waals surface area contributed by atoms with Crippen molar-refractivity contribution >= 4 is 40.3 Å². The molecule has 0 atom stereocenters. The second kappa shape index (κ2) is 4.24. The summed E-state index contributed by atoms with van der Waals surface area (Å²) in [5.41, 5.74) is 4.66. The molecule has 0 aliphatic heterocycles. The molecule has 0 amide bonds. The van der Waals surface area contributed by atoms with Crippen LogP contribution in [0.5, 0.6) is 0 Å². The van der Waals surface area contributed by atoms with Gasteiger partial charge in [0.25, 0.3) is 10.1 Å². The van der Waals surface area contributed by atoms with Gasteiger partial charge in [-0.3, -0.25) is 9.12 Å². The largest absolute Gasteiger partial charge is 0.396 e. The van der Waals surface area contributed by atoms with Crippen LogP contribution in [0.15, 0.2) is 11.0 Å². The molecular weight excluding hydrogens is 293 g/mol. The fourth-order valence-electron chi connectivity index (χ4n) is 1.34. The number of benzene rings is 1. The molecule has 96 valence electrons. The Balaban J connectivity index is 3.78. The average molecular weight is 302 g/mol. The second-order valence-corrected chi connectivity index (χ2v) is 6.59. The zero-order valence-electron chi connectivity index (χ0n) is 8.45. The van der Waals surface area contributed by atoms with E-state index in [1.165, 1.54) is 6.92 Å². The van der Waals surface area contributed by atoms with Gasteiger partial charge in [0.05, 0.1) is 16.0 Å². The van der Waals surface area contributed by atoms with Gasteiger partial charge < -0.3 is 15.5 Å². The summed E-state index contributed by atoms with van der Waals surface area (Å²) < 4.78 is 42.0. The van der Waals surface area contributed by atoms with E-state index >= 15 is 0 Å². The Hall–Kier alpha value is -0.630. The zero-order valence-corrected chi connectivity index (χ0v) is 10.9. The summed E-state index contributed by atoms with van der Waals surface area (Å²) in [6.07, 6.45) is 0. The Morgan fingerprint density at radius 2 is 1.88 bits per heavy atom. The molecule has 5 N–H and O–H groups in total. The lowest BCUT2D eigenvalue weighted by Crippen LogP contribution is -2.14. The van der Waals surface area contributed by atoms with Gasteiger partial charge in [-0.1, -0.05) is 11.6 Å². The topological polar surface area (TPSA) is 138 Å². The van der Waals surface area contributed by atoms with Crippen molar-refractivity contribution in [1.29, 1.82) is 0 Å². The molecule has 0 saturated heterocycles. The number of nitrogens with two attached hydrogens (primary N) is 1. The van der Waals surface area contributed by atoms with E-state index < -0.39 is 38.6 Å². The number of rotatable bonds is 2. The molecule has 0 radical (unpaired) electrons. The Labute approximate surface area is 102 Å². The summed E-state index contributed by atoms with van der Waals surface area (Å²) in [5, 5.41) is -1.17. The minimum Gasteiger partial charge on any atom is -0.396 e. The van der Waals surface area contributed by atoms with Gasteiger partial charge in [0.2, 0.25) is 0 Å². The van der Waals surface area contributed by atoms with Gasteiger partial charge in [-0.15, -0.1) is 0 Å². The number of halogens is 1. The summed E-state index contributed by atoms with van der Waals surface area (Å²) in [5.74, 6) is 0. The highest BCUT2D eigenvalue weighted by atomic mass is 35.5. The van der Waals surface area contributed by atoms with Crippen LogP contribution in [0, 0.1) is 6.92 Å². The van der Waals surface area contributed by atoms with E-state index in [0.717, 1.165) is 6.07 Å². The maximum absolute atomic E-state index is 11.1. The van der Waals surface area contributed by atoms with Gasteiger partial charge in [-0.05, 0) is 18.6 Å². The summed E-state index contributed by atoms with van der Waals surface area (Å²) in [7, 11) is -9.28. The van der Waals surface area contributed by atoms with Crippen molar-refractivity contribution in [2.24, 2.45) is 0 Å². The fourth-order valence-corrected chi connectivity index (χ4v) is 3.46. The van der Waals surface area contributed by atoms with E-state index in [0.29, 0.717) is 0 Å². The molecule has 0 spiro atoms. The van der Waals surface area contributed by atoms with Crippen LogP contribution in [0.1, 0.15) is 5.56 Å². The highest BCUT2D eigenvalue weighted by Crippen LogP contribution is 2.40. The molecular formula is C7H9ClNO6PS. The predicted octanol–water partition coefficient (Wildman–Crippen LogP) is 0.280. The van der Waals surface area contributed by atoms with Crippen LogP contribution in [0.4, 0.5) is 5.69 Å². The smallest absolute Gasteiger partial charge is 0.357 e. The molecule has 1 rings (SSSR count). The van der Waals surface area contributed by atoms with Crippen molar-refractivity contribution in [1.82, 2.24) is 0 Å². The third-order valence-electron chi connectivity index (χ3n) is 1.99. The Kier molecular flexibility index (Phi) is 3.60. The van der Waals surface area contributed by atoms with Crippen LogP contribution >= 0.6 is 19.2 Å². The summed E-state index contributed by atoms with van der Waals surface area (Å²) in [6, 6.07) is 0.878. The van der Waals surface area contributed by atoms with Crippen LogP contribution in [-0.2, 0) is 14.7 Å². The van der Waals surface area contributed by atoms with Crippen molar-refractivity contribution in [3.05, 3.63) is 16.7 Å². The molecule has 0 unspecified atom stereocenters. The molecule has 7 nitrogen and oxygen atoms in total. The number of aryl methyl sites for hydroxylation is 1. The van der Waals surface area contributed by atoms with Crippen molar-refractivity contribution < 1.29 is 27.3 Å². The zero-order chi connectivity index (χ0) is 13.6. The minimum absolute atomic E-state index is 0.104. The summed E-state index contributed by atoms with van der Waals surface area (Å²) in [4.78, 5) is 17.3. The van der Waals surface area contributed by atoms with Crippen molar-refractivity contribution in [2.75, 3.05) is 5.73 Å². The highest BCUT2D eigenvalue weighted by molar-refractivity contribution is 7.86. The first-order valence-corrected chi connectivity index (χ1v) is 7.51. The Bertz CT molecular complexity index is 622. The maximum atomic E-state index is 11.1. The van der Waals surface area contributed by atoms with Crippen LogP contribution in [0.25, 0.3) is 0 Å². The van der Waals surface area contributed by atoms with Crippen molar-refractivity contribution in [3.8, 4) is 0 Å². The standard InChI is InChI=1S/C7H9ClNO6PS/c1-3-2-4(16(10,11)12)5(8)6(9)7(3)17(13,14)15/h2H,9H2,1H3,(H2,10,11,12)(H,13,14,15). The molecule has 0 saturated carbocycles. The first-order chi connectivity index (χ1) is 7.46. The summed E-state index contributed by atoms with van der Waals surface area (Å²) in [6.45, 7) is 1.23. The van der Waals surface area contributed by atoms with Gasteiger partial charge in [-0.2, -0.15) is 8.42 Å². The van der Waals surface area contributed by atoms with Gasteiger partial charge >= 0.3 is 7.60 Å². The normalized spacial score (nSPS) is 12.8. The minimum atomic E-state index is -4.67. The molecule has 17 heavy (non-hydrogen) atoms. The molecule has 1 aromatic carbocycles. The highest BCUT2D eigenvalue weighted by Gasteiger charge is 2.28. The first kappa shape index (κ1) is 14.4. The quantitative estimate of drug-likeness (QED) is 0.349. The summed E-state index contributed by atoms with van der Waals surface area (Å²) >= 11 is 5.57. The average Bonchev–Trinajstić information content (AvgIpc) is 2.07. The maximum Gasteiger partial charge on any atom is 0.357 e. The molecule has 0 aliphatic carbocycles. The van der Waals surface area contributed by atoms with Gasteiger partial charge in [0.15, 0.2) is 0 Å². The van der Waals surface area contributed by atoms with E-state index in [1.54, 1.807) is 0 Å². The number of hydrogen-bond donors (Lipinski definition) is 4. The van der Waals surface area contributed by atoms with Crippen molar-refractivity contribution in [3.63, 3.8) is 0 Å². The molecule has 10 heteroatoms. The lowest BCUT2D eigenvalue weighted by Gasteiger charge is -2.13.